The summed E-state index contributed by atoms with van der Waals surface area (Å²) in [6, 6.07) is -0.278. The van der Waals surface area contributed by atoms with E-state index in [0.29, 0.717) is 12.5 Å². The normalized spacial score (nSPS) is 16.6. The summed E-state index contributed by atoms with van der Waals surface area (Å²) < 4.78 is 0. The standard InChI is InChI=1S/C13H28N2O2/c1-6-13(5,9-16)15-11(4)12(17)14-8-7-10(2)3/h10-11,15-16H,6-9H2,1-5H3,(H,14,17). The summed E-state index contributed by atoms with van der Waals surface area (Å²) in [6.45, 7) is 10.8. The van der Waals surface area contributed by atoms with Crippen LogP contribution >= 0.6 is 0 Å². The van der Waals surface area contributed by atoms with Crippen LogP contribution in [-0.2, 0) is 4.79 Å². The van der Waals surface area contributed by atoms with Crippen LogP contribution in [0.1, 0.15) is 47.5 Å². The molecule has 4 heteroatoms. The minimum absolute atomic E-state index is 0.00113. The van der Waals surface area contributed by atoms with E-state index in [0.717, 1.165) is 12.8 Å². The van der Waals surface area contributed by atoms with Crippen molar-refractivity contribution in [3.63, 3.8) is 0 Å². The number of carbonyl (C=O) groups is 1. The van der Waals surface area contributed by atoms with Crippen molar-refractivity contribution in [1.29, 1.82) is 0 Å². The van der Waals surface area contributed by atoms with Crippen LogP contribution in [0.15, 0.2) is 0 Å². The van der Waals surface area contributed by atoms with Gasteiger partial charge in [0.2, 0.25) is 5.91 Å². The molecule has 0 saturated heterocycles. The molecule has 0 aromatic heterocycles. The molecule has 0 heterocycles. The van der Waals surface area contributed by atoms with Gasteiger partial charge in [0.05, 0.1) is 12.6 Å². The molecule has 0 spiro atoms. The summed E-state index contributed by atoms with van der Waals surface area (Å²) in [5.41, 5.74) is -0.380. The second kappa shape index (κ2) is 7.67. The summed E-state index contributed by atoms with van der Waals surface area (Å²) in [6.07, 6.45) is 1.77. The van der Waals surface area contributed by atoms with Gasteiger partial charge in [-0.2, -0.15) is 0 Å². The first-order chi connectivity index (χ1) is 7.84. The van der Waals surface area contributed by atoms with E-state index in [1.807, 2.05) is 20.8 Å². The first kappa shape index (κ1) is 16.4. The SMILES string of the molecule is CCC(C)(CO)NC(C)C(=O)NCCC(C)C. The lowest BCUT2D eigenvalue weighted by molar-refractivity contribution is -0.123. The summed E-state index contributed by atoms with van der Waals surface area (Å²) in [4.78, 5) is 11.8. The molecule has 0 fully saturated rings. The summed E-state index contributed by atoms with van der Waals surface area (Å²) in [5.74, 6) is 0.593. The molecule has 2 atom stereocenters. The quantitative estimate of drug-likeness (QED) is 0.603. The zero-order chi connectivity index (χ0) is 13.5. The monoisotopic (exact) mass is 244 g/mol. The van der Waals surface area contributed by atoms with Gasteiger partial charge in [-0.15, -0.1) is 0 Å². The zero-order valence-electron chi connectivity index (χ0n) is 11.8. The van der Waals surface area contributed by atoms with Crippen LogP contribution in [0.25, 0.3) is 0 Å². The van der Waals surface area contributed by atoms with Crippen LogP contribution in [0.5, 0.6) is 0 Å². The van der Waals surface area contributed by atoms with E-state index in [1.165, 1.54) is 0 Å². The van der Waals surface area contributed by atoms with E-state index in [-0.39, 0.29) is 24.1 Å². The molecule has 1 amide bonds. The smallest absolute Gasteiger partial charge is 0.236 e. The largest absolute Gasteiger partial charge is 0.394 e. The van der Waals surface area contributed by atoms with Gasteiger partial charge in [-0.05, 0) is 32.6 Å². The molecule has 0 aliphatic carbocycles. The maximum absolute atomic E-state index is 11.8. The lowest BCUT2D eigenvalue weighted by atomic mass is 9.99. The molecule has 0 radical (unpaired) electrons. The molecule has 3 N–H and O–H groups in total. The van der Waals surface area contributed by atoms with Gasteiger partial charge in [-0.25, -0.2) is 0 Å². The molecule has 2 unspecified atom stereocenters. The van der Waals surface area contributed by atoms with Gasteiger partial charge >= 0.3 is 0 Å². The van der Waals surface area contributed by atoms with Crippen molar-refractivity contribution in [2.24, 2.45) is 5.92 Å². The predicted octanol–water partition coefficient (Wildman–Crippen LogP) is 1.29. The molecule has 0 bridgehead atoms. The van der Waals surface area contributed by atoms with E-state index in [2.05, 4.69) is 24.5 Å². The maximum atomic E-state index is 11.8. The van der Waals surface area contributed by atoms with E-state index in [9.17, 15) is 9.90 Å². The highest BCUT2D eigenvalue weighted by Crippen LogP contribution is 2.09. The van der Waals surface area contributed by atoms with Crippen molar-refractivity contribution in [2.75, 3.05) is 13.2 Å². The number of hydrogen-bond donors (Lipinski definition) is 3. The summed E-state index contributed by atoms with van der Waals surface area (Å²) in [5, 5.41) is 15.3. The number of hydrogen-bond acceptors (Lipinski definition) is 3. The topological polar surface area (TPSA) is 61.4 Å². The Balaban J connectivity index is 4.04. The van der Waals surface area contributed by atoms with Gasteiger partial charge in [0.15, 0.2) is 0 Å². The van der Waals surface area contributed by atoms with Gasteiger partial charge < -0.3 is 10.4 Å². The van der Waals surface area contributed by atoms with Crippen LogP contribution in [0.4, 0.5) is 0 Å². The number of nitrogens with one attached hydrogen (secondary N) is 2. The van der Waals surface area contributed by atoms with Crippen LogP contribution in [0.2, 0.25) is 0 Å². The Morgan fingerprint density at radius 2 is 1.94 bits per heavy atom. The van der Waals surface area contributed by atoms with Gasteiger partial charge in [-0.3, -0.25) is 10.1 Å². The fraction of sp³-hybridized carbons (Fsp3) is 0.923. The van der Waals surface area contributed by atoms with Gasteiger partial charge in [0, 0.05) is 12.1 Å². The van der Waals surface area contributed by atoms with Crippen LogP contribution in [-0.4, -0.2) is 35.7 Å². The molecule has 0 saturated carbocycles. The van der Waals surface area contributed by atoms with Crippen molar-refractivity contribution >= 4 is 5.91 Å². The Bertz CT molecular complexity index is 225. The average Bonchev–Trinajstić information content (AvgIpc) is 2.28. The van der Waals surface area contributed by atoms with Crippen LogP contribution < -0.4 is 10.6 Å². The molecular weight excluding hydrogens is 216 g/mol. The zero-order valence-corrected chi connectivity index (χ0v) is 11.8. The highest BCUT2D eigenvalue weighted by atomic mass is 16.3. The Morgan fingerprint density at radius 3 is 2.35 bits per heavy atom. The van der Waals surface area contributed by atoms with Gasteiger partial charge in [-0.1, -0.05) is 20.8 Å². The molecule has 0 rings (SSSR count). The average molecular weight is 244 g/mol. The van der Waals surface area contributed by atoms with E-state index >= 15 is 0 Å². The molecule has 0 aliphatic rings. The number of rotatable bonds is 8. The molecule has 17 heavy (non-hydrogen) atoms. The van der Waals surface area contributed by atoms with Crippen molar-refractivity contribution in [1.82, 2.24) is 10.6 Å². The second-order valence-corrected chi connectivity index (χ2v) is 5.41. The lowest BCUT2D eigenvalue weighted by Gasteiger charge is -2.30. The predicted molar refractivity (Wildman–Crippen MR) is 70.8 cm³/mol. The molecule has 0 aromatic carbocycles. The van der Waals surface area contributed by atoms with E-state index in [4.69, 9.17) is 0 Å². The highest BCUT2D eigenvalue weighted by molar-refractivity contribution is 5.81. The molecule has 0 aliphatic heterocycles. The molecular formula is C13H28N2O2. The Labute approximate surface area is 105 Å². The number of aliphatic hydroxyl groups excluding tert-OH is 1. The van der Waals surface area contributed by atoms with Crippen molar-refractivity contribution in [2.45, 2.75) is 59.0 Å². The Morgan fingerprint density at radius 1 is 1.35 bits per heavy atom. The van der Waals surface area contributed by atoms with Gasteiger partial charge in [0.25, 0.3) is 0 Å². The highest BCUT2D eigenvalue weighted by Gasteiger charge is 2.25. The minimum atomic E-state index is -0.380. The van der Waals surface area contributed by atoms with Gasteiger partial charge in [0.1, 0.15) is 0 Å². The third kappa shape index (κ3) is 6.64. The molecule has 4 nitrogen and oxygen atoms in total. The first-order valence-corrected chi connectivity index (χ1v) is 6.51. The van der Waals surface area contributed by atoms with Crippen LogP contribution in [0.3, 0.4) is 0 Å². The van der Waals surface area contributed by atoms with Crippen molar-refractivity contribution < 1.29 is 9.90 Å². The lowest BCUT2D eigenvalue weighted by Crippen LogP contribution is -2.54. The number of aliphatic hydroxyl groups is 1. The molecule has 102 valence electrons. The fourth-order valence-corrected chi connectivity index (χ4v) is 1.48. The Kier molecular flexibility index (Phi) is 7.39. The van der Waals surface area contributed by atoms with Crippen molar-refractivity contribution in [3.05, 3.63) is 0 Å². The Hall–Kier alpha value is -0.610. The molecule has 0 aromatic rings. The third-order valence-corrected chi connectivity index (χ3v) is 3.11. The minimum Gasteiger partial charge on any atom is -0.394 e. The number of carbonyl (C=O) groups excluding carboxylic acids is 1. The van der Waals surface area contributed by atoms with E-state index in [1.54, 1.807) is 0 Å². The second-order valence-electron chi connectivity index (χ2n) is 5.41. The number of amides is 1. The fourth-order valence-electron chi connectivity index (χ4n) is 1.48. The summed E-state index contributed by atoms with van der Waals surface area (Å²) in [7, 11) is 0. The third-order valence-electron chi connectivity index (χ3n) is 3.11. The van der Waals surface area contributed by atoms with Crippen LogP contribution in [0, 0.1) is 5.92 Å². The van der Waals surface area contributed by atoms with Crippen molar-refractivity contribution in [3.8, 4) is 0 Å². The maximum Gasteiger partial charge on any atom is 0.236 e. The summed E-state index contributed by atoms with van der Waals surface area (Å²) >= 11 is 0. The first-order valence-electron chi connectivity index (χ1n) is 6.51. The van der Waals surface area contributed by atoms with E-state index < -0.39 is 0 Å².